The van der Waals surface area contributed by atoms with Gasteiger partial charge in [-0.15, -0.1) is 11.3 Å². The summed E-state index contributed by atoms with van der Waals surface area (Å²) in [6, 6.07) is 34.9. The van der Waals surface area contributed by atoms with Gasteiger partial charge in [0.15, 0.2) is 0 Å². The fraction of sp³-hybridized carbons (Fsp3) is 0.111. The SMILES string of the molecule is CC(C)(C)c1ccc(-n2c(-c3cccc4c3sc3nc5cccc(F)c5cc34)nc3c4ccccc4ccc32)cc1. The third-order valence-corrected chi connectivity index (χ3v) is 9.21. The molecule has 0 saturated heterocycles. The summed E-state index contributed by atoms with van der Waals surface area (Å²) < 4.78 is 18.1. The molecule has 8 rings (SSSR count). The van der Waals surface area contributed by atoms with Crippen molar-refractivity contribution in [2.75, 3.05) is 0 Å². The number of halogens is 1. The lowest BCUT2D eigenvalue weighted by Crippen LogP contribution is -2.11. The summed E-state index contributed by atoms with van der Waals surface area (Å²) in [5.74, 6) is 0.632. The fourth-order valence-electron chi connectivity index (χ4n) is 5.91. The molecule has 0 aliphatic carbocycles. The number of fused-ring (bicyclic) bond motifs is 7. The molecule has 3 aromatic heterocycles. The second kappa shape index (κ2) is 8.69. The molecular weight excluding hydrogens is 525 g/mol. The summed E-state index contributed by atoms with van der Waals surface area (Å²) >= 11 is 1.64. The largest absolute Gasteiger partial charge is 0.292 e. The first-order valence-electron chi connectivity index (χ1n) is 13.8. The molecule has 3 heterocycles. The average molecular weight is 552 g/mol. The van der Waals surface area contributed by atoms with Gasteiger partial charge in [-0.25, -0.2) is 14.4 Å². The van der Waals surface area contributed by atoms with Crippen molar-refractivity contribution in [3.8, 4) is 17.1 Å². The fourth-order valence-corrected chi connectivity index (χ4v) is 7.08. The number of nitrogens with zero attached hydrogens (tertiary/aromatic N) is 3. The Kier molecular flexibility index (Phi) is 5.13. The summed E-state index contributed by atoms with van der Waals surface area (Å²) in [4.78, 5) is 11.1. The van der Waals surface area contributed by atoms with Crippen molar-refractivity contribution in [2.24, 2.45) is 0 Å². The van der Waals surface area contributed by atoms with E-state index in [9.17, 15) is 4.39 Å². The first-order chi connectivity index (χ1) is 19.9. The van der Waals surface area contributed by atoms with Crippen LogP contribution in [0, 0.1) is 5.82 Å². The smallest absolute Gasteiger partial charge is 0.147 e. The third kappa shape index (κ3) is 3.69. The lowest BCUT2D eigenvalue weighted by atomic mass is 9.87. The molecule has 0 unspecified atom stereocenters. The molecule has 0 radical (unpaired) electrons. The number of hydrogen-bond acceptors (Lipinski definition) is 3. The van der Waals surface area contributed by atoms with Gasteiger partial charge in [0.1, 0.15) is 16.5 Å². The Bertz CT molecular complexity index is 2300. The van der Waals surface area contributed by atoms with Crippen LogP contribution >= 0.6 is 11.3 Å². The van der Waals surface area contributed by atoms with E-state index in [0.717, 1.165) is 59.2 Å². The molecule has 0 amide bonds. The van der Waals surface area contributed by atoms with Crippen LogP contribution in [0.15, 0.2) is 103 Å². The summed E-state index contributed by atoms with van der Waals surface area (Å²) in [5, 5.41) is 4.86. The Morgan fingerprint density at radius 2 is 1.49 bits per heavy atom. The monoisotopic (exact) mass is 551 g/mol. The third-order valence-electron chi connectivity index (χ3n) is 8.06. The number of hydrogen-bond donors (Lipinski definition) is 0. The van der Waals surface area contributed by atoms with Gasteiger partial charge < -0.3 is 0 Å². The predicted molar refractivity (Wildman–Crippen MR) is 171 cm³/mol. The maximum Gasteiger partial charge on any atom is 0.147 e. The van der Waals surface area contributed by atoms with Gasteiger partial charge in [-0.3, -0.25) is 4.57 Å². The van der Waals surface area contributed by atoms with Gasteiger partial charge in [-0.2, -0.15) is 0 Å². The minimum absolute atomic E-state index is 0.0628. The van der Waals surface area contributed by atoms with Crippen LogP contribution in [-0.2, 0) is 5.41 Å². The summed E-state index contributed by atoms with van der Waals surface area (Å²) in [6.07, 6.45) is 0. The second-order valence-corrected chi connectivity index (χ2v) is 12.7. The Morgan fingerprint density at radius 3 is 2.32 bits per heavy atom. The van der Waals surface area contributed by atoms with Crippen molar-refractivity contribution in [3.05, 3.63) is 115 Å². The van der Waals surface area contributed by atoms with Crippen molar-refractivity contribution < 1.29 is 4.39 Å². The highest BCUT2D eigenvalue weighted by atomic mass is 32.1. The average Bonchev–Trinajstić information content (AvgIpc) is 3.54. The molecule has 41 heavy (non-hydrogen) atoms. The quantitative estimate of drug-likeness (QED) is 0.214. The number of benzene rings is 5. The van der Waals surface area contributed by atoms with Gasteiger partial charge in [-0.1, -0.05) is 81.4 Å². The van der Waals surface area contributed by atoms with Gasteiger partial charge in [0, 0.05) is 37.5 Å². The molecule has 3 nitrogen and oxygen atoms in total. The number of pyridine rings is 1. The Hall–Kier alpha value is -4.61. The Labute approximate surface area is 240 Å². The Morgan fingerprint density at radius 1 is 0.707 bits per heavy atom. The van der Waals surface area contributed by atoms with E-state index in [-0.39, 0.29) is 11.2 Å². The van der Waals surface area contributed by atoms with Crippen LogP contribution in [0.2, 0.25) is 0 Å². The van der Waals surface area contributed by atoms with Crippen molar-refractivity contribution in [2.45, 2.75) is 26.2 Å². The van der Waals surface area contributed by atoms with Crippen LogP contribution in [0.3, 0.4) is 0 Å². The molecule has 198 valence electrons. The molecule has 0 fully saturated rings. The molecule has 5 heteroatoms. The molecular formula is C36H26FN3S. The summed E-state index contributed by atoms with van der Waals surface area (Å²) in [7, 11) is 0. The molecule has 0 aliphatic rings. The topological polar surface area (TPSA) is 30.7 Å². The van der Waals surface area contributed by atoms with Crippen LogP contribution in [0.1, 0.15) is 26.3 Å². The van der Waals surface area contributed by atoms with E-state index < -0.39 is 0 Å². The van der Waals surface area contributed by atoms with Crippen molar-refractivity contribution in [1.29, 1.82) is 0 Å². The summed E-state index contributed by atoms with van der Waals surface area (Å²) in [5.41, 5.74) is 6.16. The first kappa shape index (κ1) is 24.2. The molecule has 0 spiro atoms. The van der Waals surface area contributed by atoms with Gasteiger partial charge >= 0.3 is 0 Å². The van der Waals surface area contributed by atoms with Crippen molar-refractivity contribution >= 4 is 64.3 Å². The van der Waals surface area contributed by atoms with E-state index in [4.69, 9.17) is 9.97 Å². The molecule has 0 saturated carbocycles. The van der Waals surface area contributed by atoms with Crippen LogP contribution in [-0.4, -0.2) is 14.5 Å². The molecule has 0 aliphatic heterocycles. The number of aromatic nitrogens is 3. The van der Waals surface area contributed by atoms with Gasteiger partial charge in [0.25, 0.3) is 0 Å². The summed E-state index contributed by atoms with van der Waals surface area (Å²) in [6.45, 7) is 6.70. The molecule has 0 N–H and O–H groups in total. The molecule has 8 aromatic rings. The van der Waals surface area contributed by atoms with Gasteiger partial charge in [-0.05, 0) is 58.8 Å². The van der Waals surface area contributed by atoms with Gasteiger partial charge in [0.05, 0.1) is 16.6 Å². The standard InChI is InChI=1S/C36H26FN3S/c1-36(2,3)22-15-17-23(18-16-22)40-31-19-14-21-8-4-5-9-24(21)32(31)39-34(40)26-11-6-10-25-27-20-28-29(37)12-7-13-30(28)38-35(27)41-33(25)26/h4-20H,1-3H3. The van der Waals surface area contributed by atoms with E-state index in [1.54, 1.807) is 17.4 Å². The highest BCUT2D eigenvalue weighted by Crippen LogP contribution is 2.42. The number of rotatable bonds is 2. The molecule has 5 aromatic carbocycles. The lowest BCUT2D eigenvalue weighted by molar-refractivity contribution is 0.590. The highest BCUT2D eigenvalue weighted by Gasteiger charge is 2.21. The minimum atomic E-state index is -0.250. The maximum atomic E-state index is 14.7. The van der Waals surface area contributed by atoms with Crippen molar-refractivity contribution in [3.63, 3.8) is 0 Å². The normalized spacial score (nSPS) is 12.4. The lowest BCUT2D eigenvalue weighted by Gasteiger charge is -2.19. The molecule has 0 bridgehead atoms. The first-order valence-corrected chi connectivity index (χ1v) is 14.6. The predicted octanol–water partition coefficient (Wildman–Crippen LogP) is 10.2. The Balaban J connectivity index is 1.45. The second-order valence-electron chi connectivity index (χ2n) is 11.7. The van der Waals surface area contributed by atoms with E-state index in [1.807, 2.05) is 12.1 Å². The minimum Gasteiger partial charge on any atom is -0.292 e. The highest BCUT2D eigenvalue weighted by molar-refractivity contribution is 7.26. The van der Waals surface area contributed by atoms with E-state index in [2.05, 4.69) is 104 Å². The zero-order valence-electron chi connectivity index (χ0n) is 22.9. The van der Waals surface area contributed by atoms with Gasteiger partial charge in [0.2, 0.25) is 0 Å². The van der Waals surface area contributed by atoms with Crippen LogP contribution in [0.5, 0.6) is 0 Å². The number of imidazole rings is 1. The number of thiophene rings is 1. The van der Waals surface area contributed by atoms with Crippen LogP contribution in [0.4, 0.5) is 4.39 Å². The van der Waals surface area contributed by atoms with E-state index >= 15 is 0 Å². The van der Waals surface area contributed by atoms with Crippen LogP contribution < -0.4 is 0 Å². The molecule has 0 atom stereocenters. The van der Waals surface area contributed by atoms with E-state index in [1.165, 1.54) is 11.6 Å². The zero-order valence-corrected chi connectivity index (χ0v) is 23.8. The zero-order chi connectivity index (χ0) is 27.9. The van der Waals surface area contributed by atoms with Crippen LogP contribution in [0.25, 0.3) is 70.1 Å². The van der Waals surface area contributed by atoms with Crippen molar-refractivity contribution in [1.82, 2.24) is 14.5 Å². The maximum absolute atomic E-state index is 14.7. The van der Waals surface area contributed by atoms with E-state index in [0.29, 0.717) is 10.9 Å².